The highest BCUT2D eigenvalue weighted by Crippen LogP contribution is 2.30. The zero-order valence-electron chi connectivity index (χ0n) is 21.3. The molecular weight excluding hydrogens is 516 g/mol. The van der Waals surface area contributed by atoms with Gasteiger partial charge in [0.2, 0.25) is 15.9 Å². The van der Waals surface area contributed by atoms with Crippen LogP contribution in [0.15, 0.2) is 83.8 Å². The van der Waals surface area contributed by atoms with E-state index in [4.69, 9.17) is 5.11 Å². The first kappa shape index (κ1) is 26.1. The average molecular weight is 543 g/mol. The number of rotatable bonds is 7. The molecule has 2 heterocycles. The molecule has 0 saturated heterocycles. The quantitative estimate of drug-likeness (QED) is 0.264. The number of amides is 1. The normalized spacial score (nSPS) is 11.6. The van der Waals surface area contributed by atoms with Crippen molar-refractivity contribution >= 4 is 49.1 Å². The van der Waals surface area contributed by atoms with Gasteiger partial charge in [0.15, 0.2) is 0 Å². The summed E-state index contributed by atoms with van der Waals surface area (Å²) >= 11 is 0. The lowest BCUT2D eigenvalue weighted by Crippen LogP contribution is -2.19. The SMILES string of the molecule is Cc1ccc(-n2c(=O)ccc3cnc4cc(-c5ccc(NS(C)(=O)=O)cc5)ccc4c32)cc1NC(=O)CCO. The summed E-state index contributed by atoms with van der Waals surface area (Å²) < 4.78 is 27.1. The first-order valence-electron chi connectivity index (χ1n) is 12.2. The Bertz CT molecular complexity index is 1900. The molecular formula is C29H26N4O5S. The van der Waals surface area contributed by atoms with Crippen molar-refractivity contribution in [3.8, 4) is 16.8 Å². The number of aliphatic hydroxyl groups excluding tert-OH is 1. The van der Waals surface area contributed by atoms with Crippen LogP contribution in [-0.2, 0) is 14.8 Å². The largest absolute Gasteiger partial charge is 0.396 e. The Morgan fingerprint density at radius 1 is 0.974 bits per heavy atom. The Morgan fingerprint density at radius 3 is 2.44 bits per heavy atom. The van der Waals surface area contributed by atoms with E-state index in [9.17, 15) is 18.0 Å². The van der Waals surface area contributed by atoms with Gasteiger partial charge < -0.3 is 10.4 Å². The van der Waals surface area contributed by atoms with Crippen molar-refractivity contribution in [3.63, 3.8) is 0 Å². The predicted octanol–water partition coefficient (Wildman–Crippen LogP) is 4.21. The minimum Gasteiger partial charge on any atom is -0.396 e. The number of carbonyl (C=O) groups excluding carboxylic acids is 1. The molecule has 0 aliphatic heterocycles. The minimum absolute atomic E-state index is 0.0204. The van der Waals surface area contributed by atoms with E-state index in [2.05, 4.69) is 15.0 Å². The van der Waals surface area contributed by atoms with E-state index in [1.165, 1.54) is 6.07 Å². The highest BCUT2D eigenvalue weighted by Gasteiger charge is 2.13. The second kappa shape index (κ2) is 10.3. The number of pyridine rings is 2. The molecule has 0 saturated carbocycles. The van der Waals surface area contributed by atoms with Gasteiger partial charge in [0.1, 0.15) is 0 Å². The number of carbonyl (C=O) groups is 1. The van der Waals surface area contributed by atoms with Crippen molar-refractivity contribution in [3.05, 3.63) is 94.9 Å². The van der Waals surface area contributed by atoms with Crippen LogP contribution in [0.3, 0.4) is 0 Å². The first-order valence-corrected chi connectivity index (χ1v) is 14.1. The lowest BCUT2D eigenvalue weighted by molar-refractivity contribution is -0.116. The van der Waals surface area contributed by atoms with Gasteiger partial charge in [-0.05, 0) is 60.0 Å². The molecule has 0 fully saturated rings. The zero-order chi connectivity index (χ0) is 27.7. The van der Waals surface area contributed by atoms with Crippen molar-refractivity contribution in [2.45, 2.75) is 13.3 Å². The molecule has 1 amide bonds. The van der Waals surface area contributed by atoms with E-state index in [-0.39, 0.29) is 24.5 Å². The Labute approximate surface area is 224 Å². The molecule has 10 heteroatoms. The number of sulfonamides is 1. The van der Waals surface area contributed by atoms with Crippen molar-refractivity contribution < 1.29 is 18.3 Å². The highest BCUT2D eigenvalue weighted by atomic mass is 32.2. The van der Waals surface area contributed by atoms with E-state index < -0.39 is 10.0 Å². The maximum atomic E-state index is 13.2. The van der Waals surface area contributed by atoms with Crippen LogP contribution in [0.25, 0.3) is 38.6 Å². The van der Waals surface area contributed by atoms with E-state index in [0.717, 1.165) is 33.7 Å². The number of fused-ring (bicyclic) bond motifs is 3. The standard InChI is InChI=1S/C29H26N4O5S/c1-18-3-10-23(16-25(18)31-27(35)13-14-34)33-28(36)12-7-21-17-30-26-15-20(6-11-24(26)29(21)33)19-4-8-22(9-5-19)32-39(2,37)38/h3-12,15-17,32,34H,13-14H2,1-2H3,(H,31,35). The fourth-order valence-corrected chi connectivity index (χ4v) is 5.05. The third-order valence-electron chi connectivity index (χ3n) is 6.33. The Morgan fingerprint density at radius 2 is 1.72 bits per heavy atom. The van der Waals surface area contributed by atoms with Gasteiger partial charge in [-0.25, -0.2) is 8.42 Å². The molecule has 39 heavy (non-hydrogen) atoms. The molecule has 0 spiro atoms. The third kappa shape index (κ3) is 5.52. The van der Waals surface area contributed by atoms with Crippen molar-refractivity contribution in [1.29, 1.82) is 0 Å². The summed E-state index contributed by atoms with van der Waals surface area (Å²) in [6.07, 6.45) is 2.80. The van der Waals surface area contributed by atoms with Crippen LogP contribution in [0.1, 0.15) is 12.0 Å². The van der Waals surface area contributed by atoms with Crippen LogP contribution in [0, 0.1) is 6.92 Å². The van der Waals surface area contributed by atoms with Gasteiger partial charge in [-0.2, -0.15) is 0 Å². The molecule has 3 aromatic carbocycles. The number of aryl methyl sites for hydroxylation is 1. The Hall–Kier alpha value is -4.54. The van der Waals surface area contributed by atoms with Gasteiger partial charge in [0.25, 0.3) is 5.56 Å². The minimum atomic E-state index is -3.37. The molecule has 2 aromatic heterocycles. The fourth-order valence-electron chi connectivity index (χ4n) is 4.49. The lowest BCUT2D eigenvalue weighted by atomic mass is 10.0. The molecule has 0 aliphatic carbocycles. The van der Waals surface area contributed by atoms with Crippen LogP contribution in [0.4, 0.5) is 11.4 Å². The van der Waals surface area contributed by atoms with E-state index >= 15 is 0 Å². The third-order valence-corrected chi connectivity index (χ3v) is 6.94. The summed E-state index contributed by atoms with van der Waals surface area (Å²) in [7, 11) is -3.37. The number of nitrogens with zero attached hydrogens (tertiary/aromatic N) is 2. The molecule has 0 radical (unpaired) electrons. The van der Waals surface area contributed by atoms with Gasteiger partial charge in [0.05, 0.1) is 36.0 Å². The van der Waals surface area contributed by atoms with E-state index in [1.807, 2.05) is 49.4 Å². The lowest BCUT2D eigenvalue weighted by Gasteiger charge is -2.15. The molecule has 0 bridgehead atoms. The summed E-state index contributed by atoms with van der Waals surface area (Å²) in [5.41, 5.74) is 5.34. The average Bonchev–Trinajstić information content (AvgIpc) is 2.89. The maximum Gasteiger partial charge on any atom is 0.255 e. The molecule has 198 valence electrons. The first-order chi connectivity index (χ1) is 18.6. The predicted molar refractivity (Wildman–Crippen MR) is 154 cm³/mol. The zero-order valence-corrected chi connectivity index (χ0v) is 22.1. The van der Waals surface area contributed by atoms with Crippen molar-refractivity contribution in [2.75, 3.05) is 22.9 Å². The second-order valence-electron chi connectivity index (χ2n) is 9.27. The smallest absolute Gasteiger partial charge is 0.255 e. The van der Waals surface area contributed by atoms with Gasteiger partial charge in [-0.3, -0.25) is 23.9 Å². The number of aliphatic hydroxyl groups is 1. The van der Waals surface area contributed by atoms with Crippen molar-refractivity contribution in [2.24, 2.45) is 0 Å². The summed E-state index contributed by atoms with van der Waals surface area (Å²) in [6, 6.07) is 21.4. The van der Waals surface area contributed by atoms with Crippen molar-refractivity contribution in [1.82, 2.24) is 9.55 Å². The number of aromatic nitrogens is 2. The number of nitrogens with one attached hydrogen (secondary N) is 2. The van der Waals surface area contributed by atoms with E-state index in [1.54, 1.807) is 35.0 Å². The van der Waals surface area contributed by atoms with Crippen LogP contribution in [0.5, 0.6) is 0 Å². The van der Waals surface area contributed by atoms with Gasteiger partial charge in [-0.15, -0.1) is 0 Å². The van der Waals surface area contributed by atoms with Crippen LogP contribution < -0.4 is 15.6 Å². The molecule has 5 rings (SSSR count). The number of hydrogen-bond donors (Lipinski definition) is 3. The van der Waals surface area contributed by atoms with Gasteiger partial charge >= 0.3 is 0 Å². The molecule has 0 unspecified atom stereocenters. The summed E-state index contributed by atoms with van der Waals surface area (Å²) in [5.74, 6) is -0.315. The summed E-state index contributed by atoms with van der Waals surface area (Å²) in [5, 5.41) is 13.4. The van der Waals surface area contributed by atoms with Crippen LogP contribution >= 0.6 is 0 Å². The molecule has 0 aliphatic rings. The number of benzene rings is 3. The van der Waals surface area contributed by atoms with Crippen LogP contribution in [0.2, 0.25) is 0 Å². The molecule has 9 nitrogen and oxygen atoms in total. The second-order valence-corrected chi connectivity index (χ2v) is 11.0. The summed E-state index contributed by atoms with van der Waals surface area (Å²) in [6.45, 7) is 1.60. The molecule has 3 N–H and O–H groups in total. The van der Waals surface area contributed by atoms with Crippen LogP contribution in [-0.4, -0.2) is 41.8 Å². The van der Waals surface area contributed by atoms with E-state index in [0.29, 0.717) is 28.1 Å². The molecule has 5 aromatic rings. The number of hydrogen-bond acceptors (Lipinski definition) is 6. The van der Waals surface area contributed by atoms with Gasteiger partial charge in [-0.1, -0.05) is 30.3 Å². The Kier molecular flexibility index (Phi) is 6.90. The molecule has 0 atom stereocenters. The Balaban J connectivity index is 1.62. The maximum absolute atomic E-state index is 13.2. The monoisotopic (exact) mass is 542 g/mol. The fraction of sp³-hybridized carbons (Fsp3) is 0.138. The van der Waals surface area contributed by atoms with Gasteiger partial charge in [0, 0.05) is 34.4 Å². The topological polar surface area (TPSA) is 130 Å². The number of anilines is 2. The summed E-state index contributed by atoms with van der Waals surface area (Å²) in [4.78, 5) is 29.9. The highest BCUT2D eigenvalue weighted by molar-refractivity contribution is 7.92.